The van der Waals surface area contributed by atoms with Crippen molar-refractivity contribution < 1.29 is 4.79 Å². The molecule has 0 radical (unpaired) electrons. The van der Waals surface area contributed by atoms with E-state index < -0.39 is 0 Å². The molecule has 0 aliphatic heterocycles. The Morgan fingerprint density at radius 3 is 2.30 bits per heavy atom. The van der Waals surface area contributed by atoms with Crippen LogP contribution in [0.15, 0.2) is 24.3 Å². The largest absolute Gasteiger partial charge is 0.372 e. The van der Waals surface area contributed by atoms with Crippen LogP contribution in [0.2, 0.25) is 0 Å². The number of anilines is 2. The molecule has 2 rings (SSSR count). The lowest BCUT2D eigenvalue weighted by Crippen LogP contribution is -2.36. The van der Waals surface area contributed by atoms with Crippen molar-refractivity contribution in [1.29, 1.82) is 0 Å². The van der Waals surface area contributed by atoms with E-state index in [4.69, 9.17) is 0 Å². The SMILES string of the molecule is CCN(CC)c1ccc(NC(=O)NC2CCCC2)cc1. The van der Waals surface area contributed by atoms with Gasteiger partial charge in [-0.25, -0.2) is 4.79 Å². The molecule has 0 heterocycles. The van der Waals surface area contributed by atoms with Crippen molar-refractivity contribution in [1.82, 2.24) is 5.32 Å². The summed E-state index contributed by atoms with van der Waals surface area (Å²) in [6.07, 6.45) is 4.66. The average molecular weight is 275 g/mol. The minimum absolute atomic E-state index is 0.0903. The van der Waals surface area contributed by atoms with E-state index >= 15 is 0 Å². The molecule has 4 heteroatoms. The Morgan fingerprint density at radius 1 is 1.15 bits per heavy atom. The van der Waals surface area contributed by atoms with Gasteiger partial charge in [0.25, 0.3) is 0 Å². The quantitative estimate of drug-likeness (QED) is 0.862. The van der Waals surface area contributed by atoms with E-state index in [-0.39, 0.29) is 6.03 Å². The second-order valence-corrected chi connectivity index (χ2v) is 5.30. The van der Waals surface area contributed by atoms with Crippen molar-refractivity contribution in [3.8, 4) is 0 Å². The van der Waals surface area contributed by atoms with E-state index in [9.17, 15) is 4.79 Å². The normalized spacial score (nSPS) is 15.1. The zero-order valence-electron chi connectivity index (χ0n) is 12.5. The molecule has 0 aromatic heterocycles. The van der Waals surface area contributed by atoms with Crippen LogP contribution >= 0.6 is 0 Å². The van der Waals surface area contributed by atoms with Crippen LogP contribution in [0, 0.1) is 0 Å². The molecule has 0 spiro atoms. The highest BCUT2D eigenvalue weighted by Crippen LogP contribution is 2.19. The predicted molar refractivity (Wildman–Crippen MR) is 84.4 cm³/mol. The van der Waals surface area contributed by atoms with E-state index in [1.165, 1.54) is 18.5 Å². The molecule has 2 N–H and O–H groups in total. The van der Waals surface area contributed by atoms with Gasteiger partial charge in [0.15, 0.2) is 0 Å². The third-order valence-electron chi connectivity index (χ3n) is 3.94. The number of urea groups is 1. The average Bonchev–Trinajstić information content (AvgIpc) is 2.94. The van der Waals surface area contributed by atoms with Crippen LogP contribution in [-0.4, -0.2) is 25.2 Å². The van der Waals surface area contributed by atoms with Crippen LogP contribution < -0.4 is 15.5 Å². The van der Waals surface area contributed by atoms with E-state index in [0.717, 1.165) is 31.6 Å². The Morgan fingerprint density at radius 2 is 1.75 bits per heavy atom. The maximum absolute atomic E-state index is 11.9. The monoisotopic (exact) mass is 275 g/mol. The van der Waals surface area contributed by atoms with Crippen molar-refractivity contribution >= 4 is 17.4 Å². The summed E-state index contributed by atoms with van der Waals surface area (Å²) in [6.45, 7) is 6.27. The second kappa shape index (κ2) is 7.17. The number of carbonyl (C=O) groups is 1. The molecule has 1 saturated carbocycles. The fourth-order valence-electron chi connectivity index (χ4n) is 2.77. The predicted octanol–water partition coefficient (Wildman–Crippen LogP) is 3.60. The van der Waals surface area contributed by atoms with Crippen LogP contribution in [0.3, 0.4) is 0 Å². The summed E-state index contributed by atoms with van der Waals surface area (Å²) in [4.78, 5) is 14.1. The van der Waals surface area contributed by atoms with Gasteiger partial charge in [-0.2, -0.15) is 0 Å². The maximum Gasteiger partial charge on any atom is 0.319 e. The first-order valence-corrected chi connectivity index (χ1v) is 7.65. The minimum Gasteiger partial charge on any atom is -0.372 e. The van der Waals surface area contributed by atoms with Crippen molar-refractivity contribution in [3.05, 3.63) is 24.3 Å². The summed E-state index contributed by atoms with van der Waals surface area (Å²) in [6, 6.07) is 8.29. The zero-order valence-corrected chi connectivity index (χ0v) is 12.5. The zero-order chi connectivity index (χ0) is 14.4. The lowest BCUT2D eigenvalue weighted by molar-refractivity contribution is 0.248. The number of hydrogen-bond donors (Lipinski definition) is 2. The molecule has 2 amide bonds. The van der Waals surface area contributed by atoms with Gasteiger partial charge in [0.1, 0.15) is 0 Å². The van der Waals surface area contributed by atoms with Gasteiger partial charge in [-0.3, -0.25) is 0 Å². The highest BCUT2D eigenvalue weighted by Gasteiger charge is 2.16. The van der Waals surface area contributed by atoms with Gasteiger partial charge < -0.3 is 15.5 Å². The van der Waals surface area contributed by atoms with Crippen LogP contribution in [-0.2, 0) is 0 Å². The first-order chi connectivity index (χ1) is 9.72. The molecular formula is C16H25N3O. The van der Waals surface area contributed by atoms with Gasteiger partial charge in [-0.05, 0) is 51.0 Å². The first-order valence-electron chi connectivity index (χ1n) is 7.65. The molecule has 0 unspecified atom stereocenters. The van der Waals surface area contributed by atoms with Gasteiger partial charge in [0, 0.05) is 30.5 Å². The van der Waals surface area contributed by atoms with Crippen LogP contribution in [0.5, 0.6) is 0 Å². The Balaban J connectivity index is 1.87. The van der Waals surface area contributed by atoms with Crippen molar-refractivity contribution in [2.75, 3.05) is 23.3 Å². The molecule has 0 atom stereocenters. The van der Waals surface area contributed by atoms with E-state index in [1.807, 2.05) is 12.1 Å². The molecule has 4 nitrogen and oxygen atoms in total. The van der Waals surface area contributed by atoms with Crippen LogP contribution in [0.25, 0.3) is 0 Å². The molecule has 0 bridgehead atoms. The van der Waals surface area contributed by atoms with Gasteiger partial charge in [-0.15, -0.1) is 0 Å². The lowest BCUT2D eigenvalue weighted by atomic mass is 10.2. The molecule has 1 aromatic rings. The van der Waals surface area contributed by atoms with Crippen LogP contribution in [0.1, 0.15) is 39.5 Å². The van der Waals surface area contributed by atoms with Gasteiger partial charge in [-0.1, -0.05) is 12.8 Å². The van der Waals surface area contributed by atoms with Crippen LogP contribution in [0.4, 0.5) is 16.2 Å². The summed E-state index contributed by atoms with van der Waals surface area (Å²) in [5.41, 5.74) is 2.04. The molecule has 1 aromatic carbocycles. The van der Waals surface area contributed by atoms with Crippen molar-refractivity contribution in [2.45, 2.75) is 45.6 Å². The van der Waals surface area contributed by atoms with E-state index in [2.05, 4.69) is 41.5 Å². The Hall–Kier alpha value is -1.71. The number of hydrogen-bond acceptors (Lipinski definition) is 2. The lowest BCUT2D eigenvalue weighted by Gasteiger charge is -2.21. The summed E-state index contributed by atoms with van der Waals surface area (Å²) in [5.74, 6) is 0. The number of carbonyl (C=O) groups excluding carboxylic acids is 1. The Labute approximate surface area is 121 Å². The topological polar surface area (TPSA) is 44.4 Å². The summed E-state index contributed by atoms with van der Waals surface area (Å²) in [7, 11) is 0. The van der Waals surface area contributed by atoms with E-state index in [1.54, 1.807) is 0 Å². The molecule has 1 aliphatic rings. The Kier molecular flexibility index (Phi) is 5.27. The first kappa shape index (κ1) is 14.7. The number of rotatable bonds is 5. The number of nitrogens with one attached hydrogen (secondary N) is 2. The third-order valence-corrected chi connectivity index (χ3v) is 3.94. The smallest absolute Gasteiger partial charge is 0.319 e. The van der Waals surface area contributed by atoms with Gasteiger partial charge in [0.05, 0.1) is 0 Å². The standard InChI is InChI=1S/C16H25N3O/c1-3-19(4-2)15-11-9-14(10-12-15)18-16(20)17-13-7-5-6-8-13/h9-13H,3-8H2,1-2H3,(H2,17,18,20). The number of benzene rings is 1. The fourth-order valence-corrected chi connectivity index (χ4v) is 2.77. The highest BCUT2D eigenvalue weighted by atomic mass is 16.2. The minimum atomic E-state index is -0.0903. The third kappa shape index (κ3) is 3.89. The summed E-state index contributed by atoms with van der Waals surface area (Å²) < 4.78 is 0. The molecule has 0 saturated heterocycles. The second-order valence-electron chi connectivity index (χ2n) is 5.30. The van der Waals surface area contributed by atoms with Gasteiger partial charge in [0.2, 0.25) is 0 Å². The Bertz CT molecular complexity index is 420. The molecule has 1 fully saturated rings. The fraction of sp³-hybridized carbons (Fsp3) is 0.562. The van der Waals surface area contributed by atoms with Crippen molar-refractivity contribution in [3.63, 3.8) is 0 Å². The molecule has 110 valence electrons. The highest BCUT2D eigenvalue weighted by molar-refractivity contribution is 5.89. The maximum atomic E-state index is 11.9. The van der Waals surface area contributed by atoms with Gasteiger partial charge >= 0.3 is 6.03 Å². The molecule has 20 heavy (non-hydrogen) atoms. The number of nitrogens with zero attached hydrogens (tertiary/aromatic N) is 1. The van der Waals surface area contributed by atoms with E-state index in [0.29, 0.717) is 6.04 Å². The molecule has 1 aliphatic carbocycles. The molecular weight excluding hydrogens is 250 g/mol. The number of amides is 2. The summed E-state index contributed by atoms with van der Waals surface area (Å²) >= 11 is 0. The summed E-state index contributed by atoms with van der Waals surface area (Å²) in [5, 5.41) is 5.93. The van der Waals surface area contributed by atoms with Crippen molar-refractivity contribution in [2.24, 2.45) is 0 Å².